The molecule has 2 aliphatic rings. The number of hydrogen-bond acceptors (Lipinski definition) is 2. The van der Waals surface area contributed by atoms with Gasteiger partial charge in [-0.15, -0.1) is 0 Å². The molecular weight excluding hydrogens is 172 g/mol. The Hall–Kier alpha value is -1.02. The van der Waals surface area contributed by atoms with Gasteiger partial charge in [0.2, 0.25) is 0 Å². The SMILES string of the molecule is NNc1c2c(cc3c1CCC3)CCC2. The first kappa shape index (κ1) is 8.30. The van der Waals surface area contributed by atoms with Gasteiger partial charge in [0.1, 0.15) is 0 Å². The van der Waals surface area contributed by atoms with E-state index in [0.717, 1.165) is 0 Å². The van der Waals surface area contributed by atoms with Crippen LogP contribution in [0.1, 0.15) is 35.1 Å². The molecule has 3 N–H and O–H groups in total. The first-order chi connectivity index (χ1) is 6.90. The average molecular weight is 188 g/mol. The summed E-state index contributed by atoms with van der Waals surface area (Å²) in [6.07, 6.45) is 7.51. The van der Waals surface area contributed by atoms with Crippen LogP contribution in [0.4, 0.5) is 5.69 Å². The molecule has 74 valence electrons. The molecule has 0 saturated heterocycles. The third kappa shape index (κ3) is 1.01. The second kappa shape index (κ2) is 2.99. The van der Waals surface area contributed by atoms with Crippen LogP contribution >= 0.6 is 0 Å². The molecule has 0 saturated carbocycles. The third-order valence-corrected chi connectivity index (χ3v) is 3.62. The van der Waals surface area contributed by atoms with Gasteiger partial charge in [0, 0.05) is 0 Å². The molecule has 0 amide bonds. The number of nitrogen functional groups attached to an aromatic ring is 1. The summed E-state index contributed by atoms with van der Waals surface area (Å²) in [4.78, 5) is 0. The summed E-state index contributed by atoms with van der Waals surface area (Å²) in [6, 6.07) is 2.42. The van der Waals surface area contributed by atoms with E-state index in [1.807, 2.05) is 0 Å². The van der Waals surface area contributed by atoms with Crippen molar-refractivity contribution in [2.45, 2.75) is 38.5 Å². The van der Waals surface area contributed by atoms with Crippen LogP contribution in [-0.4, -0.2) is 0 Å². The Labute approximate surface area is 84.5 Å². The van der Waals surface area contributed by atoms with E-state index in [1.165, 1.54) is 55.3 Å². The van der Waals surface area contributed by atoms with E-state index in [0.29, 0.717) is 0 Å². The van der Waals surface area contributed by atoms with Gasteiger partial charge in [0.15, 0.2) is 0 Å². The maximum atomic E-state index is 5.65. The molecule has 14 heavy (non-hydrogen) atoms. The number of nitrogens with one attached hydrogen (secondary N) is 1. The molecule has 1 aromatic rings. The molecule has 2 aliphatic carbocycles. The van der Waals surface area contributed by atoms with Gasteiger partial charge < -0.3 is 5.43 Å². The Morgan fingerprint density at radius 3 is 2.00 bits per heavy atom. The second-order valence-electron chi connectivity index (χ2n) is 4.38. The van der Waals surface area contributed by atoms with E-state index in [9.17, 15) is 0 Å². The van der Waals surface area contributed by atoms with Gasteiger partial charge in [-0.1, -0.05) is 6.07 Å². The Balaban J connectivity index is 2.24. The molecule has 0 bridgehead atoms. The molecule has 0 aromatic heterocycles. The van der Waals surface area contributed by atoms with Crippen LogP contribution < -0.4 is 11.3 Å². The van der Waals surface area contributed by atoms with Gasteiger partial charge in [-0.05, 0) is 60.8 Å². The summed E-state index contributed by atoms with van der Waals surface area (Å²) in [5.41, 5.74) is 10.3. The molecule has 0 heterocycles. The molecule has 0 atom stereocenters. The van der Waals surface area contributed by atoms with Crippen molar-refractivity contribution in [2.24, 2.45) is 5.84 Å². The van der Waals surface area contributed by atoms with Crippen LogP contribution in [0.2, 0.25) is 0 Å². The van der Waals surface area contributed by atoms with Crippen LogP contribution in [-0.2, 0) is 25.7 Å². The molecule has 2 heteroatoms. The maximum Gasteiger partial charge on any atom is 0.0554 e. The minimum Gasteiger partial charge on any atom is -0.324 e. The summed E-state index contributed by atoms with van der Waals surface area (Å²) in [6.45, 7) is 0. The Morgan fingerprint density at radius 2 is 1.50 bits per heavy atom. The molecule has 0 spiro atoms. The molecule has 0 unspecified atom stereocenters. The first-order valence-corrected chi connectivity index (χ1v) is 5.53. The molecule has 0 radical (unpaired) electrons. The van der Waals surface area contributed by atoms with E-state index in [-0.39, 0.29) is 0 Å². The van der Waals surface area contributed by atoms with Gasteiger partial charge in [0.05, 0.1) is 5.69 Å². The van der Waals surface area contributed by atoms with Crippen LogP contribution in [0, 0.1) is 0 Å². The third-order valence-electron chi connectivity index (χ3n) is 3.62. The van der Waals surface area contributed by atoms with Crippen LogP contribution in [0.25, 0.3) is 0 Å². The lowest BCUT2D eigenvalue weighted by atomic mass is 9.99. The summed E-state index contributed by atoms with van der Waals surface area (Å²) in [5.74, 6) is 5.65. The fourth-order valence-electron chi connectivity index (χ4n) is 2.99. The molecule has 3 rings (SSSR count). The van der Waals surface area contributed by atoms with E-state index in [2.05, 4.69) is 11.5 Å². The molecule has 0 fully saturated rings. The number of rotatable bonds is 1. The average Bonchev–Trinajstić information content (AvgIpc) is 2.80. The maximum absolute atomic E-state index is 5.65. The van der Waals surface area contributed by atoms with Gasteiger partial charge in [-0.3, -0.25) is 5.84 Å². The Morgan fingerprint density at radius 1 is 0.929 bits per heavy atom. The predicted octanol–water partition coefficient (Wildman–Crippen LogP) is 1.95. The van der Waals surface area contributed by atoms with Crippen molar-refractivity contribution in [2.75, 3.05) is 5.43 Å². The largest absolute Gasteiger partial charge is 0.324 e. The highest BCUT2D eigenvalue weighted by atomic mass is 15.2. The number of benzene rings is 1. The lowest BCUT2D eigenvalue weighted by Crippen LogP contribution is -2.12. The summed E-state index contributed by atoms with van der Waals surface area (Å²) >= 11 is 0. The van der Waals surface area contributed by atoms with Crippen LogP contribution in [0.15, 0.2) is 6.07 Å². The lowest BCUT2D eigenvalue weighted by Gasteiger charge is -2.13. The normalized spacial score (nSPS) is 18.1. The van der Waals surface area contributed by atoms with Gasteiger partial charge in [0.25, 0.3) is 0 Å². The minimum absolute atomic E-state index is 1.21. The quantitative estimate of drug-likeness (QED) is 0.522. The van der Waals surface area contributed by atoms with Crippen molar-refractivity contribution >= 4 is 5.69 Å². The molecule has 0 aliphatic heterocycles. The van der Waals surface area contributed by atoms with Crippen molar-refractivity contribution in [3.8, 4) is 0 Å². The number of fused-ring (bicyclic) bond motifs is 2. The fraction of sp³-hybridized carbons (Fsp3) is 0.500. The zero-order chi connectivity index (χ0) is 9.54. The van der Waals surface area contributed by atoms with Crippen molar-refractivity contribution in [3.63, 3.8) is 0 Å². The second-order valence-corrected chi connectivity index (χ2v) is 4.38. The monoisotopic (exact) mass is 188 g/mol. The van der Waals surface area contributed by atoms with E-state index < -0.39 is 0 Å². The molecule has 2 nitrogen and oxygen atoms in total. The molecular formula is C12H16N2. The first-order valence-electron chi connectivity index (χ1n) is 5.53. The minimum atomic E-state index is 1.21. The summed E-state index contributed by atoms with van der Waals surface area (Å²) in [7, 11) is 0. The fourth-order valence-corrected chi connectivity index (χ4v) is 2.99. The highest BCUT2D eigenvalue weighted by Gasteiger charge is 2.23. The lowest BCUT2D eigenvalue weighted by molar-refractivity contribution is 0.897. The molecule has 1 aromatic carbocycles. The summed E-state index contributed by atoms with van der Waals surface area (Å²) in [5, 5.41) is 0. The topological polar surface area (TPSA) is 38.0 Å². The van der Waals surface area contributed by atoms with Crippen LogP contribution in [0.3, 0.4) is 0 Å². The standard InChI is InChI=1S/C12H16N2/c13-14-12-10-5-1-3-8(10)7-9-4-2-6-11(9)12/h7,14H,1-6,13H2. The Bertz CT molecular complexity index is 350. The van der Waals surface area contributed by atoms with Crippen LogP contribution in [0.5, 0.6) is 0 Å². The number of nitrogens with two attached hydrogens (primary N) is 1. The van der Waals surface area contributed by atoms with Crippen molar-refractivity contribution in [1.29, 1.82) is 0 Å². The van der Waals surface area contributed by atoms with E-state index >= 15 is 0 Å². The highest BCUT2D eigenvalue weighted by molar-refractivity contribution is 5.65. The predicted molar refractivity (Wildman–Crippen MR) is 58.3 cm³/mol. The number of aryl methyl sites for hydroxylation is 2. The zero-order valence-corrected chi connectivity index (χ0v) is 8.40. The van der Waals surface area contributed by atoms with Gasteiger partial charge in [-0.2, -0.15) is 0 Å². The van der Waals surface area contributed by atoms with Gasteiger partial charge >= 0.3 is 0 Å². The number of anilines is 1. The number of hydrogen-bond donors (Lipinski definition) is 2. The van der Waals surface area contributed by atoms with E-state index in [1.54, 1.807) is 11.1 Å². The zero-order valence-electron chi connectivity index (χ0n) is 8.40. The van der Waals surface area contributed by atoms with Crippen molar-refractivity contribution in [1.82, 2.24) is 0 Å². The van der Waals surface area contributed by atoms with Crippen molar-refractivity contribution < 1.29 is 0 Å². The summed E-state index contributed by atoms with van der Waals surface area (Å²) < 4.78 is 0. The smallest absolute Gasteiger partial charge is 0.0554 e. The van der Waals surface area contributed by atoms with Gasteiger partial charge in [-0.25, -0.2) is 0 Å². The van der Waals surface area contributed by atoms with Crippen molar-refractivity contribution in [3.05, 3.63) is 28.3 Å². The highest BCUT2D eigenvalue weighted by Crippen LogP contribution is 2.37. The van der Waals surface area contributed by atoms with E-state index in [4.69, 9.17) is 5.84 Å². The number of hydrazine groups is 1. The Kier molecular flexibility index (Phi) is 1.77.